The zero-order chi connectivity index (χ0) is 18.9. The Morgan fingerprint density at radius 3 is 2.65 bits per heavy atom. The van der Waals surface area contributed by atoms with Gasteiger partial charge in [-0.1, -0.05) is 6.08 Å². The lowest BCUT2D eigenvalue weighted by molar-refractivity contribution is -0.134. The molecule has 2 aliphatic rings. The van der Waals surface area contributed by atoms with Crippen LogP contribution in [-0.4, -0.2) is 82.1 Å². The van der Waals surface area contributed by atoms with E-state index in [-0.39, 0.29) is 23.3 Å². The molecule has 1 aromatic rings. The van der Waals surface area contributed by atoms with Crippen molar-refractivity contribution in [3.05, 3.63) is 30.6 Å². The fourth-order valence-electron chi connectivity index (χ4n) is 4.42. The summed E-state index contributed by atoms with van der Waals surface area (Å²) in [6.07, 6.45) is 7.99. The van der Waals surface area contributed by atoms with E-state index in [1.165, 1.54) is 0 Å². The monoisotopic (exact) mass is 359 g/mol. The van der Waals surface area contributed by atoms with Crippen LogP contribution in [-0.2, 0) is 16.6 Å². The molecule has 3 rings (SSSR count). The lowest BCUT2D eigenvalue weighted by atomic mass is 9.74. The van der Waals surface area contributed by atoms with Crippen LogP contribution in [0.5, 0.6) is 0 Å². The van der Waals surface area contributed by atoms with Gasteiger partial charge < -0.3 is 9.80 Å². The van der Waals surface area contributed by atoms with Crippen LogP contribution in [0.3, 0.4) is 0 Å². The second kappa shape index (κ2) is 7.23. The van der Waals surface area contributed by atoms with E-state index in [9.17, 15) is 9.59 Å². The Labute approximate surface area is 155 Å². The number of aryl methyl sites for hydroxylation is 1. The van der Waals surface area contributed by atoms with Crippen LogP contribution in [0, 0.1) is 0 Å². The molecule has 2 saturated heterocycles. The van der Waals surface area contributed by atoms with Crippen LogP contribution in [0.25, 0.3) is 0 Å². The Bertz CT molecular complexity index is 688. The molecule has 2 fully saturated rings. The second-order valence-corrected chi connectivity index (χ2v) is 7.66. The Morgan fingerprint density at radius 2 is 2.12 bits per heavy atom. The van der Waals surface area contributed by atoms with Gasteiger partial charge in [-0.25, -0.2) is 0 Å². The fourth-order valence-corrected chi connectivity index (χ4v) is 4.42. The van der Waals surface area contributed by atoms with Crippen molar-refractivity contribution in [1.82, 2.24) is 24.5 Å². The smallest absolute Gasteiger partial charge is 0.236 e. The molecule has 1 spiro atoms. The van der Waals surface area contributed by atoms with E-state index < -0.39 is 0 Å². The highest BCUT2D eigenvalue weighted by Gasteiger charge is 2.54. The molecule has 1 atom stereocenters. The third kappa shape index (κ3) is 3.28. The zero-order valence-corrected chi connectivity index (χ0v) is 16.0. The van der Waals surface area contributed by atoms with Crippen molar-refractivity contribution in [2.24, 2.45) is 7.05 Å². The standard InChI is InChI=1S/C19H29N5O2/c1-5-8-24-17(25)11-16(15-12-20-22(4)13-15)19(24)6-9-23(10-7-19)14-18(26)21(2)3/h5,12-13,16H,1,6-11,14H2,2-4H3/t16-/m0/s1. The number of carbonyl (C=O) groups excluding carboxylic acids is 2. The average molecular weight is 359 g/mol. The summed E-state index contributed by atoms with van der Waals surface area (Å²) >= 11 is 0. The van der Waals surface area contributed by atoms with Crippen molar-refractivity contribution in [2.45, 2.75) is 30.7 Å². The van der Waals surface area contributed by atoms with Gasteiger partial charge in [0.15, 0.2) is 0 Å². The lowest BCUT2D eigenvalue weighted by Crippen LogP contribution is -2.56. The molecule has 3 heterocycles. The maximum Gasteiger partial charge on any atom is 0.236 e. The van der Waals surface area contributed by atoms with Crippen molar-refractivity contribution in [1.29, 1.82) is 0 Å². The third-order valence-corrected chi connectivity index (χ3v) is 5.88. The Kier molecular flexibility index (Phi) is 5.18. The molecule has 0 unspecified atom stereocenters. The van der Waals surface area contributed by atoms with Gasteiger partial charge in [0.25, 0.3) is 0 Å². The molecule has 0 N–H and O–H groups in total. The third-order valence-electron chi connectivity index (χ3n) is 5.88. The van der Waals surface area contributed by atoms with Crippen LogP contribution in [0.15, 0.2) is 25.0 Å². The van der Waals surface area contributed by atoms with Gasteiger partial charge in [0.05, 0.1) is 18.3 Å². The van der Waals surface area contributed by atoms with Gasteiger partial charge in [0.1, 0.15) is 0 Å². The highest BCUT2D eigenvalue weighted by Crippen LogP contribution is 2.48. The molecule has 0 aromatic carbocycles. The topological polar surface area (TPSA) is 61.7 Å². The molecular weight excluding hydrogens is 330 g/mol. The van der Waals surface area contributed by atoms with Crippen molar-refractivity contribution in [2.75, 3.05) is 40.3 Å². The summed E-state index contributed by atoms with van der Waals surface area (Å²) in [5, 5.41) is 4.32. The summed E-state index contributed by atoms with van der Waals surface area (Å²) in [5.41, 5.74) is 0.927. The summed E-state index contributed by atoms with van der Waals surface area (Å²) in [6.45, 7) is 6.49. The quantitative estimate of drug-likeness (QED) is 0.731. The van der Waals surface area contributed by atoms with Crippen LogP contribution in [0.4, 0.5) is 0 Å². The highest BCUT2D eigenvalue weighted by atomic mass is 16.2. The summed E-state index contributed by atoms with van der Waals surface area (Å²) in [5.74, 6) is 0.460. The molecule has 7 nitrogen and oxygen atoms in total. The number of hydrogen-bond donors (Lipinski definition) is 0. The Morgan fingerprint density at radius 1 is 1.42 bits per heavy atom. The fraction of sp³-hybridized carbons (Fsp3) is 0.632. The molecule has 7 heteroatoms. The van der Waals surface area contributed by atoms with E-state index in [0.717, 1.165) is 31.5 Å². The molecule has 2 amide bonds. The molecule has 2 aliphatic heterocycles. The maximum atomic E-state index is 12.8. The molecule has 0 saturated carbocycles. The minimum absolute atomic E-state index is 0.121. The predicted molar refractivity (Wildman–Crippen MR) is 99.6 cm³/mol. The van der Waals surface area contributed by atoms with E-state index in [1.54, 1.807) is 23.7 Å². The summed E-state index contributed by atoms with van der Waals surface area (Å²) in [6, 6.07) is 0. The van der Waals surface area contributed by atoms with E-state index in [2.05, 4.69) is 16.6 Å². The number of rotatable bonds is 5. The molecule has 142 valence electrons. The molecule has 26 heavy (non-hydrogen) atoms. The Hall–Kier alpha value is -2.15. The molecule has 1 aromatic heterocycles. The van der Waals surface area contributed by atoms with E-state index in [4.69, 9.17) is 0 Å². The van der Waals surface area contributed by atoms with Crippen molar-refractivity contribution in [3.8, 4) is 0 Å². The SMILES string of the molecule is C=CCN1C(=O)C[C@@H](c2cnn(C)c2)C12CCN(CC(=O)N(C)C)CC2. The van der Waals surface area contributed by atoms with Gasteiger partial charge >= 0.3 is 0 Å². The van der Waals surface area contributed by atoms with Gasteiger partial charge in [-0.15, -0.1) is 6.58 Å². The van der Waals surface area contributed by atoms with E-state index in [1.807, 2.05) is 30.4 Å². The summed E-state index contributed by atoms with van der Waals surface area (Å²) < 4.78 is 1.80. The van der Waals surface area contributed by atoms with Crippen LogP contribution < -0.4 is 0 Å². The molecule has 0 radical (unpaired) electrons. The minimum Gasteiger partial charge on any atom is -0.348 e. The van der Waals surface area contributed by atoms with Gasteiger partial charge in [-0.05, 0) is 18.4 Å². The second-order valence-electron chi connectivity index (χ2n) is 7.66. The summed E-state index contributed by atoms with van der Waals surface area (Å²) in [4.78, 5) is 30.6. The molecule has 0 bridgehead atoms. The molecule has 0 aliphatic carbocycles. The van der Waals surface area contributed by atoms with E-state index >= 15 is 0 Å². The number of likely N-dealkylation sites (N-methyl/N-ethyl adjacent to an activating group) is 1. The van der Waals surface area contributed by atoms with Gasteiger partial charge in [0, 0.05) is 59.3 Å². The number of carbonyl (C=O) groups is 2. The van der Waals surface area contributed by atoms with E-state index in [0.29, 0.717) is 19.5 Å². The lowest BCUT2D eigenvalue weighted by Gasteiger charge is -2.47. The maximum absolute atomic E-state index is 12.8. The van der Waals surface area contributed by atoms with Crippen LogP contribution in [0.1, 0.15) is 30.7 Å². The first-order valence-corrected chi connectivity index (χ1v) is 9.20. The summed E-state index contributed by atoms with van der Waals surface area (Å²) in [7, 11) is 5.48. The number of aromatic nitrogens is 2. The molecular formula is C19H29N5O2. The van der Waals surface area contributed by atoms with Crippen molar-refractivity contribution in [3.63, 3.8) is 0 Å². The number of hydrogen-bond acceptors (Lipinski definition) is 4. The predicted octanol–water partition coefficient (Wildman–Crippen LogP) is 0.845. The Balaban J connectivity index is 1.82. The normalized spacial score (nSPS) is 22.8. The number of nitrogens with zero attached hydrogens (tertiary/aromatic N) is 5. The van der Waals surface area contributed by atoms with Crippen molar-refractivity contribution < 1.29 is 9.59 Å². The zero-order valence-electron chi connectivity index (χ0n) is 16.0. The number of amides is 2. The van der Waals surface area contributed by atoms with Gasteiger partial charge in [-0.2, -0.15) is 5.10 Å². The largest absolute Gasteiger partial charge is 0.348 e. The van der Waals surface area contributed by atoms with Gasteiger partial charge in [0.2, 0.25) is 11.8 Å². The van der Waals surface area contributed by atoms with Crippen LogP contribution >= 0.6 is 0 Å². The average Bonchev–Trinajstić information content (AvgIpc) is 3.14. The van der Waals surface area contributed by atoms with Crippen LogP contribution in [0.2, 0.25) is 0 Å². The first-order chi connectivity index (χ1) is 12.4. The first-order valence-electron chi connectivity index (χ1n) is 9.20. The number of likely N-dealkylation sites (tertiary alicyclic amines) is 2. The number of piperidine rings is 1. The first kappa shape index (κ1) is 18.6. The van der Waals surface area contributed by atoms with Gasteiger partial charge in [-0.3, -0.25) is 19.2 Å². The van der Waals surface area contributed by atoms with Crippen molar-refractivity contribution >= 4 is 11.8 Å². The highest BCUT2D eigenvalue weighted by molar-refractivity contribution is 5.82. The minimum atomic E-state index is -0.202.